The zero-order valence-corrected chi connectivity index (χ0v) is 20.4. The van der Waals surface area contributed by atoms with Gasteiger partial charge in [0.05, 0.1) is 28.4 Å². The summed E-state index contributed by atoms with van der Waals surface area (Å²) in [6, 6.07) is 16.5. The lowest BCUT2D eigenvalue weighted by Crippen LogP contribution is -2.50. The largest absolute Gasteiger partial charge is 0.497 e. The average Bonchev–Trinajstić information content (AvgIpc) is 3.44. The van der Waals surface area contributed by atoms with Crippen LogP contribution in [0.5, 0.6) is 5.75 Å². The Labute approximate surface area is 206 Å². The SMILES string of the molecule is COc1ccc(C(=O)N2CCN(C(=O)c3cc4c(C)nn(-c5ccccc5Cl)c4s3)CC2)cc1. The summed E-state index contributed by atoms with van der Waals surface area (Å²) in [6.07, 6.45) is 0. The molecule has 174 valence electrons. The van der Waals surface area contributed by atoms with Crippen molar-refractivity contribution in [3.63, 3.8) is 0 Å². The Balaban J connectivity index is 1.31. The van der Waals surface area contributed by atoms with E-state index in [1.165, 1.54) is 11.3 Å². The molecule has 34 heavy (non-hydrogen) atoms. The first kappa shape index (κ1) is 22.4. The van der Waals surface area contributed by atoms with Crippen LogP contribution in [0, 0.1) is 6.92 Å². The molecule has 4 aromatic rings. The molecule has 0 atom stereocenters. The summed E-state index contributed by atoms with van der Waals surface area (Å²) in [5.74, 6) is 0.651. The van der Waals surface area contributed by atoms with Gasteiger partial charge in [-0.2, -0.15) is 5.10 Å². The zero-order valence-electron chi connectivity index (χ0n) is 18.8. The molecule has 0 unspecified atom stereocenters. The number of thiophene rings is 1. The van der Waals surface area contributed by atoms with Crippen LogP contribution >= 0.6 is 22.9 Å². The number of ether oxygens (including phenoxy) is 1. The molecular formula is C25H23ClN4O3S. The first-order valence-corrected chi connectivity index (χ1v) is 12.1. The minimum atomic E-state index is -0.0351. The first-order valence-electron chi connectivity index (χ1n) is 10.9. The first-order chi connectivity index (χ1) is 16.5. The number of piperazine rings is 1. The number of hydrogen-bond acceptors (Lipinski definition) is 5. The lowest BCUT2D eigenvalue weighted by Gasteiger charge is -2.34. The van der Waals surface area contributed by atoms with Gasteiger partial charge in [0.1, 0.15) is 10.6 Å². The fraction of sp³-hybridized carbons (Fsp3) is 0.240. The average molecular weight is 495 g/mol. The molecule has 2 amide bonds. The van der Waals surface area contributed by atoms with E-state index in [4.69, 9.17) is 16.3 Å². The Morgan fingerprint density at radius 3 is 2.26 bits per heavy atom. The van der Waals surface area contributed by atoms with Crippen molar-refractivity contribution >= 4 is 45.0 Å². The van der Waals surface area contributed by atoms with Crippen molar-refractivity contribution < 1.29 is 14.3 Å². The van der Waals surface area contributed by atoms with Gasteiger partial charge in [0.2, 0.25) is 0 Å². The second-order valence-corrected chi connectivity index (χ2v) is 9.53. The number of rotatable bonds is 4. The van der Waals surface area contributed by atoms with Gasteiger partial charge >= 0.3 is 0 Å². The van der Waals surface area contributed by atoms with Gasteiger partial charge < -0.3 is 14.5 Å². The molecule has 1 aliphatic heterocycles. The second-order valence-electron chi connectivity index (χ2n) is 8.09. The summed E-state index contributed by atoms with van der Waals surface area (Å²) in [5.41, 5.74) is 2.25. The molecule has 3 heterocycles. The Kier molecular flexibility index (Phi) is 6.02. The molecule has 0 saturated carbocycles. The summed E-state index contributed by atoms with van der Waals surface area (Å²) < 4.78 is 6.96. The number of amides is 2. The lowest BCUT2D eigenvalue weighted by molar-refractivity contribution is 0.0538. The molecule has 0 bridgehead atoms. The molecule has 2 aromatic carbocycles. The third-order valence-electron chi connectivity index (χ3n) is 6.03. The summed E-state index contributed by atoms with van der Waals surface area (Å²) in [6.45, 7) is 3.90. The van der Waals surface area contributed by atoms with Crippen LogP contribution in [0.25, 0.3) is 15.9 Å². The second kappa shape index (κ2) is 9.12. The highest BCUT2D eigenvalue weighted by Gasteiger charge is 2.27. The van der Waals surface area contributed by atoms with Crippen molar-refractivity contribution in [3.05, 3.63) is 75.8 Å². The summed E-state index contributed by atoms with van der Waals surface area (Å²) in [7, 11) is 1.60. The number of nitrogens with zero attached hydrogens (tertiary/aromatic N) is 4. The number of para-hydroxylation sites is 1. The van der Waals surface area contributed by atoms with Crippen molar-refractivity contribution in [1.82, 2.24) is 19.6 Å². The van der Waals surface area contributed by atoms with Crippen molar-refractivity contribution in [2.24, 2.45) is 0 Å². The predicted octanol–water partition coefficient (Wildman–Crippen LogP) is 4.66. The quantitative estimate of drug-likeness (QED) is 0.414. The fourth-order valence-corrected chi connectivity index (χ4v) is 5.48. The van der Waals surface area contributed by atoms with Crippen LogP contribution in [0.1, 0.15) is 25.7 Å². The molecule has 7 nitrogen and oxygen atoms in total. The van der Waals surface area contributed by atoms with E-state index in [2.05, 4.69) is 5.10 Å². The number of methoxy groups -OCH3 is 1. The van der Waals surface area contributed by atoms with Gasteiger partial charge in [-0.25, -0.2) is 4.68 Å². The Bertz CT molecular complexity index is 1370. The number of carbonyl (C=O) groups excluding carboxylic acids is 2. The van der Waals surface area contributed by atoms with Crippen molar-refractivity contribution in [1.29, 1.82) is 0 Å². The van der Waals surface area contributed by atoms with E-state index in [1.54, 1.807) is 41.0 Å². The molecule has 1 aliphatic rings. The highest BCUT2D eigenvalue weighted by Crippen LogP contribution is 2.33. The maximum Gasteiger partial charge on any atom is 0.264 e. The standard InChI is InChI=1S/C25H23ClN4O3S/c1-16-19-15-22(34-25(19)30(27-16)21-6-4-3-5-20(21)26)24(32)29-13-11-28(12-14-29)23(31)17-7-9-18(33-2)10-8-17/h3-10,15H,11-14H2,1-2H3. The molecule has 5 rings (SSSR count). The van der Waals surface area contributed by atoms with E-state index in [9.17, 15) is 9.59 Å². The van der Waals surface area contributed by atoms with Gasteiger partial charge in [-0.15, -0.1) is 11.3 Å². The van der Waals surface area contributed by atoms with Gasteiger partial charge in [-0.1, -0.05) is 23.7 Å². The van der Waals surface area contributed by atoms with Crippen LogP contribution in [-0.4, -0.2) is 64.7 Å². The van der Waals surface area contributed by atoms with E-state index < -0.39 is 0 Å². The molecule has 1 fully saturated rings. The van der Waals surface area contributed by atoms with Crippen LogP contribution in [-0.2, 0) is 0 Å². The highest BCUT2D eigenvalue weighted by molar-refractivity contribution is 7.20. The minimum Gasteiger partial charge on any atom is -0.497 e. The molecular weight excluding hydrogens is 472 g/mol. The van der Waals surface area contributed by atoms with Crippen LogP contribution < -0.4 is 4.74 Å². The Morgan fingerprint density at radius 1 is 0.971 bits per heavy atom. The van der Waals surface area contributed by atoms with Crippen LogP contribution in [0.3, 0.4) is 0 Å². The molecule has 0 radical (unpaired) electrons. The number of halogens is 1. The van der Waals surface area contributed by atoms with E-state index in [0.29, 0.717) is 47.4 Å². The predicted molar refractivity (Wildman–Crippen MR) is 133 cm³/mol. The Morgan fingerprint density at radius 2 is 1.62 bits per heavy atom. The molecule has 9 heteroatoms. The van der Waals surface area contributed by atoms with Crippen molar-refractivity contribution in [2.45, 2.75) is 6.92 Å². The monoisotopic (exact) mass is 494 g/mol. The van der Waals surface area contributed by atoms with Gasteiger partial charge in [0.25, 0.3) is 11.8 Å². The number of carbonyl (C=O) groups is 2. The van der Waals surface area contributed by atoms with Gasteiger partial charge in [-0.05, 0) is 49.4 Å². The smallest absolute Gasteiger partial charge is 0.264 e. The minimum absolute atomic E-state index is 0.0251. The van der Waals surface area contributed by atoms with Crippen LogP contribution in [0.2, 0.25) is 5.02 Å². The number of aromatic nitrogens is 2. The number of fused-ring (bicyclic) bond motifs is 1. The van der Waals surface area contributed by atoms with Gasteiger partial charge in [0, 0.05) is 37.1 Å². The molecule has 0 N–H and O–H groups in total. The molecule has 0 spiro atoms. The van der Waals surface area contributed by atoms with E-state index in [1.807, 2.05) is 42.2 Å². The van der Waals surface area contributed by atoms with E-state index in [-0.39, 0.29) is 11.8 Å². The third-order valence-corrected chi connectivity index (χ3v) is 7.45. The van der Waals surface area contributed by atoms with Gasteiger partial charge in [0.15, 0.2) is 0 Å². The highest BCUT2D eigenvalue weighted by atomic mass is 35.5. The lowest BCUT2D eigenvalue weighted by atomic mass is 10.1. The molecule has 0 aliphatic carbocycles. The zero-order chi connectivity index (χ0) is 23.8. The van der Waals surface area contributed by atoms with Crippen molar-refractivity contribution in [3.8, 4) is 11.4 Å². The number of aryl methyl sites for hydroxylation is 1. The van der Waals surface area contributed by atoms with E-state index >= 15 is 0 Å². The third kappa shape index (κ3) is 4.03. The topological polar surface area (TPSA) is 67.7 Å². The molecule has 1 saturated heterocycles. The fourth-order valence-electron chi connectivity index (χ4n) is 4.12. The number of benzene rings is 2. The Hall–Kier alpha value is -3.36. The van der Waals surface area contributed by atoms with Gasteiger partial charge in [-0.3, -0.25) is 9.59 Å². The van der Waals surface area contributed by atoms with E-state index in [0.717, 1.165) is 21.6 Å². The summed E-state index contributed by atoms with van der Waals surface area (Å²) in [4.78, 5) is 31.3. The summed E-state index contributed by atoms with van der Waals surface area (Å²) >= 11 is 7.80. The summed E-state index contributed by atoms with van der Waals surface area (Å²) in [5, 5.41) is 6.18. The normalized spacial score (nSPS) is 14.0. The number of hydrogen-bond donors (Lipinski definition) is 0. The van der Waals surface area contributed by atoms with Crippen LogP contribution in [0.4, 0.5) is 0 Å². The maximum atomic E-state index is 13.3. The van der Waals surface area contributed by atoms with Crippen LogP contribution in [0.15, 0.2) is 54.6 Å². The molecule has 2 aromatic heterocycles. The maximum absolute atomic E-state index is 13.3. The van der Waals surface area contributed by atoms with Crippen molar-refractivity contribution in [2.75, 3.05) is 33.3 Å².